The minimum Gasteiger partial charge on any atom is -0.351 e. The van der Waals surface area contributed by atoms with E-state index >= 15 is 0 Å². The molecule has 1 aromatic carbocycles. The number of aromatic nitrogens is 2. The van der Waals surface area contributed by atoms with Crippen molar-refractivity contribution in [1.82, 2.24) is 15.3 Å². The SMILES string of the molecule is Cc1ccc(C(=O)Nc2nc3c(s2)CC[C@H]3C(=O)NCc2cccnc2)cc1. The first-order valence-corrected chi connectivity index (χ1v) is 9.96. The molecular weight excluding hydrogens is 372 g/mol. The number of anilines is 1. The van der Waals surface area contributed by atoms with Crippen LogP contribution in [-0.4, -0.2) is 21.8 Å². The van der Waals surface area contributed by atoms with Crippen LogP contribution in [0.3, 0.4) is 0 Å². The van der Waals surface area contributed by atoms with Gasteiger partial charge in [-0.15, -0.1) is 11.3 Å². The highest BCUT2D eigenvalue weighted by molar-refractivity contribution is 7.16. The zero-order valence-corrected chi connectivity index (χ0v) is 16.3. The normalized spacial score (nSPS) is 15.1. The van der Waals surface area contributed by atoms with Gasteiger partial charge in [-0.25, -0.2) is 4.98 Å². The molecule has 0 radical (unpaired) electrons. The summed E-state index contributed by atoms with van der Waals surface area (Å²) in [7, 11) is 0. The highest BCUT2D eigenvalue weighted by Crippen LogP contribution is 2.38. The summed E-state index contributed by atoms with van der Waals surface area (Å²) in [6.07, 6.45) is 5.00. The molecule has 1 atom stereocenters. The molecule has 2 N–H and O–H groups in total. The number of hydrogen-bond acceptors (Lipinski definition) is 5. The Bertz CT molecular complexity index is 999. The molecule has 0 saturated carbocycles. The Morgan fingerprint density at radius 2 is 2.04 bits per heavy atom. The molecule has 0 saturated heterocycles. The van der Waals surface area contributed by atoms with E-state index in [1.165, 1.54) is 11.3 Å². The summed E-state index contributed by atoms with van der Waals surface area (Å²) in [5.74, 6) is -0.498. The van der Waals surface area contributed by atoms with Gasteiger partial charge < -0.3 is 5.32 Å². The number of hydrogen-bond donors (Lipinski definition) is 2. The first-order chi connectivity index (χ1) is 13.6. The van der Waals surface area contributed by atoms with Gasteiger partial charge in [-0.1, -0.05) is 23.8 Å². The Kier molecular flexibility index (Phi) is 5.16. The van der Waals surface area contributed by atoms with Gasteiger partial charge >= 0.3 is 0 Å². The largest absolute Gasteiger partial charge is 0.351 e. The van der Waals surface area contributed by atoms with Crippen molar-refractivity contribution in [3.63, 3.8) is 0 Å². The first kappa shape index (κ1) is 18.3. The van der Waals surface area contributed by atoms with Gasteiger partial charge in [-0.2, -0.15) is 0 Å². The van der Waals surface area contributed by atoms with Crippen LogP contribution >= 0.6 is 11.3 Å². The van der Waals surface area contributed by atoms with Crippen LogP contribution in [0.2, 0.25) is 0 Å². The highest BCUT2D eigenvalue weighted by Gasteiger charge is 2.32. The molecule has 28 heavy (non-hydrogen) atoms. The highest BCUT2D eigenvalue weighted by atomic mass is 32.1. The van der Waals surface area contributed by atoms with Gasteiger partial charge in [0.25, 0.3) is 5.91 Å². The molecule has 2 heterocycles. The third kappa shape index (κ3) is 3.94. The first-order valence-electron chi connectivity index (χ1n) is 9.14. The number of rotatable bonds is 5. The average Bonchev–Trinajstić information content (AvgIpc) is 3.27. The van der Waals surface area contributed by atoms with Crippen LogP contribution < -0.4 is 10.6 Å². The molecule has 0 aliphatic heterocycles. The van der Waals surface area contributed by atoms with Gasteiger partial charge in [0.05, 0.1) is 11.6 Å². The van der Waals surface area contributed by atoms with E-state index in [0.717, 1.165) is 34.5 Å². The van der Waals surface area contributed by atoms with Crippen molar-refractivity contribution in [2.24, 2.45) is 0 Å². The Labute approximate surface area is 167 Å². The predicted molar refractivity (Wildman–Crippen MR) is 108 cm³/mol. The lowest BCUT2D eigenvalue weighted by Crippen LogP contribution is -2.28. The van der Waals surface area contributed by atoms with Crippen LogP contribution in [0.4, 0.5) is 5.13 Å². The van der Waals surface area contributed by atoms with Crippen LogP contribution in [0.25, 0.3) is 0 Å². The predicted octanol–water partition coefficient (Wildman–Crippen LogP) is 3.45. The molecule has 2 amide bonds. The second kappa shape index (κ2) is 7.90. The molecule has 0 unspecified atom stereocenters. The summed E-state index contributed by atoms with van der Waals surface area (Å²) in [5.41, 5.74) is 3.43. The summed E-state index contributed by atoms with van der Waals surface area (Å²) in [5, 5.41) is 6.36. The van der Waals surface area contributed by atoms with Gasteiger partial charge in [0.15, 0.2) is 5.13 Å². The summed E-state index contributed by atoms with van der Waals surface area (Å²) in [4.78, 5) is 34.7. The lowest BCUT2D eigenvalue weighted by atomic mass is 10.1. The smallest absolute Gasteiger partial charge is 0.257 e. The minimum atomic E-state index is -0.270. The Morgan fingerprint density at radius 3 is 2.79 bits per heavy atom. The van der Waals surface area contributed by atoms with Crippen LogP contribution in [0.15, 0.2) is 48.8 Å². The van der Waals surface area contributed by atoms with Gasteiger partial charge in [0, 0.05) is 29.4 Å². The number of benzene rings is 1. The standard InChI is InChI=1S/C21H20N4O2S/c1-13-4-6-15(7-5-13)19(26)25-21-24-18-16(8-9-17(18)28-21)20(27)23-12-14-3-2-10-22-11-14/h2-7,10-11,16H,8-9,12H2,1H3,(H,23,27)(H,24,25,26)/t16-/m1/s1. The van der Waals surface area contributed by atoms with Gasteiger partial charge in [-0.05, 0) is 43.5 Å². The summed E-state index contributed by atoms with van der Waals surface area (Å²) in [6.45, 7) is 2.42. The summed E-state index contributed by atoms with van der Waals surface area (Å²) < 4.78 is 0. The number of carbonyl (C=O) groups excluding carboxylic acids is 2. The van der Waals surface area contributed by atoms with Crippen molar-refractivity contribution < 1.29 is 9.59 Å². The molecular formula is C21H20N4O2S. The average molecular weight is 392 g/mol. The van der Waals surface area contributed by atoms with E-state index in [9.17, 15) is 9.59 Å². The number of carbonyl (C=O) groups is 2. The van der Waals surface area contributed by atoms with Crippen molar-refractivity contribution >= 4 is 28.3 Å². The fraction of sp³-hybridized carbons (Fsp3) is 0.238. The molecule has 0 spiro atoms. The van der Waals surface area contributed by atoms with E-state index in [-0.39, 0.29) is 17.7 Å². The molecule has 0 bridgehead atoms. The second-order valence-corrected chi connectivity index (χ2v) is 7.90. The number of pyridine rings is 1. The number of fused-ring (bicyclic) bond motifs is 1. The summed E-state index contributed by atoms with van der Waals surface area (Å²) in [6, 6.07) is 11.2. The second-order valence-electron chi connectivity index (χ2n) is 6.82. The Balaban J connectivity index is 1.41. The van der Waals surface area contributed by atoms with Crippen molar-refractivity contribution in [1.29, 1.82) is 0 Å². The molecule has 4 rings (SSSR count). The van der Waals surface area contributed by atoms with E-state index < -0.39 is 0 Å². The maximum Gasteiger partial charge on any atom is 0.257 e. The van der Waals surface area contributed by atoms with Crippen molar-refractivity contribution in [2.75, 3.05) is 5.32 Å². The third-order valence-electron chi connectivity index (χ3n) is 4.76. The monoisotopic (exact) mass is 392 g/mol. The van der Waals surface area contributed by atoms with Crippen LogP contribution in [0.1, 0.15) is 44.4 Å². The molecule has 3 aromatic rings. The lowest BCUT2D eigenvalue weighted by molar-refractivity contribution is -0.122. The molecule has 2 aromatic heterocycles. The van der Waals surface area contributed by atoms with Crippen molar-refractivity contribution in [2.45, 2.75) is 32.2 Å². The van der Waals surface area contributed by atoms with E-state index in [2.05, 4.69) is 20.6 Å². The zero-order chi connectivity index (χ0) is 19.5. The van der Waals surface area contributed by atoms with E-state index in [1.807, 2.05) is 31.2 Å². The summed E-state index contributed by atoms with van der Waals surface area (Å²) >= 11 is 1.45. The maximum atomic E-state index is 12.6. The number of aryl methyl sites for hydroxylation is 2. The van der Waals surface area contributed by atoms with Gasteiger partial charge in [-0.3, -0.25) is 19.9 Å². The van der Waals surface area contributed by atoms with Crippen molar-refractivity contribution in [3.05, 3.63) is 76.1 Å². The van der Waals surface area contributed by atoms with Gasteiger partial charge in [0.1, 0.15) is 0 Å². The lowest BCUT2D eigenvalue weighted by Gasteiger charge is -2.10. The van der Waals surface area contributed by atoms with Crippen LogP contribution in [0, 0.1) is 6.92 Å². The third-order valence-corrected chi connectivity index (χ3v) is 5.80. The maximum absolute atomic E-state index is 12.6. The van der Waals surface area contributed by atoms with Crippen LogP contribution in [-0.2, 0) is 17.8 Å². The fourth-order valence-corrected chi connectivity index (χ4v) is 4.26. The molecule has 142 valence electrons. The van der Waals surface area contributed by atoms with E-state index in [1.54, 1.807) is 24.5 Å². The zero-order valence-electron chi connectivity index (χ0n) is 15.4. The molecule has 7 heteroatoms. The molecule has 6 nitrogen and oxygen atoms in total. The topological polar surface area (TPSA) is 84.0 Å². The number of nitrogens with zero attached hydrogens (tertiary/aromatic N) is 2. The molecule has 1 aliphatic carbocycles. The Hall–Kier alpha value is -3.06. The van der Waals surface area contributed by atoms with E-state index in [0.29, 0.717) is 17.2 Å². The quantitative estimate of drug-likeness (QED) is 0.697. The molecule has 1 aliphatic rings. The minimum absolute atomic E-state index is 0.0377. The number of amides is 2. The number of thiazole rings is 1. The number of nitrogens with one attached hydrogen (secondary N) is 2. The Morgan fingerprint density at radius 1 is 1.21 bits per heavy atom. The van der Waals surface area contributed by atoms with Gasteiger partial charge in [0.2, 0.25) is 5.91 Å². The van der Waals surface area contributed by atoms with E-state index in [4.69, 9.17) is 0 Å². The van der Waals surface area contributed by atoms with Crippen molar-refractivity contribution in [3.8, 4) is 0 Å². The van der Waals surface area contributed by atoms with Crippen LogP contribution in [0.5, 0.6) is 0 Å². The molecule has 0 fully saturated rings. The fourth-order valence-electron chi connectivity index (χ4n) is 3.23.